The number of nitrogens with one attached hydrogen (secondary N) is 2. The highest BCUT2D eigenvalue weighted by Crippen LogP contribution is 2.36. The largest absolute Gasteiger partial charge is 0.393 e. The molecule has 13 heteroatoms. The minimum absolute atomic E-state index is 0.00285. The second-order valence-electron chi connectivity index (χ2n) is 15.3. The highest BCUT2D eigenvalue weighted by molar-refractivity contribution is 7.89. The Morgan fingerprint density at radius 3 is 2.02 bits per heavy atom. The number of aliphatic hydroxyl groups is 2. The van der Waals surface area contributed by atoms with Crippen LogP contribution in [0.15, 0.2) is 0 Å². The Labute approximate surface area is 295 Å². The molecule has 3 aliphatic carbocycles. The zero-order chi connectivity index (χ0) is 36.0. The summed E-state index contributed by atoms with van der Waals surface area (Å²) in [5.74, 6) is -2.24. The highest BCUT2D eigenvalue weighted by atomic mass is 32.2. The van der Waals surface area contributed by atoms with Gasteiger partial charge in [-0.1, -0.05) is 46.5 Å². The SMILES string of the molecule is CCCCN(CC(O)C(CC1CCC(O)CC1)NC(=O)C1CC(C(N)=O)CC(C(=O)N(CCC)CCC)C1)NS(=O)(=O)CC1CCCCC1. The van der Waals surface area contributed by atoms with Crippen LogP contribution in [-0.2, 0) is 24.4 Å². The Balaban J connectivity index is 1.78. The predicted molar refractivity (Wildman–Crippen MR) is 191 cm³/mol. The molecule has 5 atom stereocenters. The number of hydrazine groups is 1. The average Bonchev–Trinajstić information content (AvgIpc) is 3.07. The standard InChI is InChI=1S/C36H67N5O7S/c1-4-7-19-41(39-49(47,48)25-27-11-9-8-10-12-27)24-33(43)32(20-26-13-15-31(42)16-14-26)38-35(45)29-21-28(34(37)44)22-30(23-29)36(46)40(17-5-2)18-6-3/h26-33,39,42-43H,4-25H2,1-3H3,(H2,37,44)(H,38,45). The van der Waals surface area contributed by atoms with E-state index in [1.165, 1.54) is 0 Å². The summed E-state index contributed by atoms with van der Waals surface area (Å²) < 4.78 is 26.5. The fourth-order valence-corrected chi connectivity index (χ4v) is 9.81. The number of aliphatic hydroxyl groups excluding tert-OH is 2. The molecule has 0 aliphatic heterocycles. The van der Waals surface area contributed by atoms with Gasteiger partial charge in [0.1, 0.15) is 0 Å². The van der Waals surface area contributed by atoms with Crippen LogP contribution in [0.25, 0.3) is 0 Å². The average molecular weight is 714 g/mol. The maximum absolute atomic E-state index is 14.0. The van der Waals surface area contributed by atoms with E-state index in [0.29, 0.717) is 51.7 Å². The number of hydrogen-bond acceptors (Lipinski definition) is 8. The number of sulfonamides is 1. The molecule has 3 fully saturated rings. The monoisotopic (exact) mass is 713 g/mol. The summed E-state index contributed by atoms with van der Waals surface area (Å²) >= 11 is 0. The Morgan fingerprint density at radius 2 is 1.43 bits per heavy atom. The first-order valence-electron chi connectivity index (χ1n) is 19.3. The lowest BCUT2D eigenvalue weighted by molar-refractivity contribution is -0.141. The molecule has 0 saturated heterocycles. The number of primary amides is 1. The van der Waals surface area contributed by atoms with Gasteiger partial charge in [0, 0.05) is 43.9 Å². The van der Waals surface area contributed by atoms with Crippen molar-refractivity contribution >= 4 is 27.7 Å². The lowest BCUT2D eigenvalue weighted by Crippen LogP contribution is -2.55. The molecular weight excluding hydrogens is 646 g/mol. The molecule has 3 saturated carbocycles. The van der Waals surface area contributed by atoms with Gasteiger partial charge in [0.05, 0.1) is 24.0 Å². The van der Waals surface area contributed by atoms with Crippen molar-refractivity contribution in [2.24, 2.45) is 35.3 Å². The van der Waals surface area contributed by atoms with Gasteiger partial charge in [0.15, 0.2) is 0 Å². The molecule has 5 unspecified atom stereocenters. The summed E-state index contributed by atoms with van der Waals surface area (Å²) in [6.45, 7) is 7.72. The molecule has 3 rings (SSSR count). The van der Waals surface area contributed by atoms with Gasteiger partial charge in [0.2, 0.25) is 27.7 Å². The first-order chi connectivity index (χ1) is 23.3. The van der Waals surface area contributed by atoms with Crippen LogP contribution in [0.1, 0.15) is 130 Å². The van der Waals surface area contributed by atoms with Crippen molar-refractivity contribution in [3.63, 3.8) is 0 Å². The number of nitrogens with zero attached hydrogens (tertiary/aromatic N) is 2. The van der Waals surface area contributed by atoms with E-state index in [1.54, 1.807) is 5.01 Å². The molecule has 0 bridgehead atoms. The summed E-state index contributed by atoms with van der Waals surface area (Å²) in [6, 6.07) is -0.681. The fraction of sp³-hybridized carbons (Fsp3) is 0.917. The summed E-state index contributed by atoms with van der Waals surface area (Å²) in [4.78, 5) is 44.6. The van der Waals surface area contributed by atoms with Crippen LogP contribution in [0.2, 0.25) is 0 Å². The Bertz CT molecular complexity index is 1120. The summed E-state index contributed by atoms with van der Waals surface area (Å²) in [5, 5.41) is 26.5. The number of carbonyl (C=O) groups is 3. The Morgan fingerprint density at radius 1 is 0.816 bits per heavy atom. The number of carbonyl (C=O) groups excluding carboxylic acids is 3. The van der Waals surface area contributed by atoms with Crippen LogP contribution in [0, 0.1) is 29.6 Å². The summed E-state index contributed by atoms with van der Waals surface area (Å²) in [6.07, 6.45) is 11.0. The van der Waals surface area contributed by atoms with E-state index in [4.69, 9.17) is 5.73 Å². The van der Waals surface area contributed by atoms with Gasteiger partial charge >= 0.3 is 0 Å². The van der Waals surface area contributed by atoms with E-state index in [2.05, 4.69) is 10.1 Å². The highest BCUT2D eigenvalue weighted by Gasteiger charge is 2.41. The number of nitrogens with two attached hydrogens (primary N) is 1. The van der Waals surface area contributed by atoms with Crippen LogP contribution < -0.4 is 15.9 Å². The zero-order valence-electron chi connectivity index (χ0n) is 30.5. The van der Waals surface area contributed by atoms with Gasteiger partial charge in [-0.25, -0.2) is 13.4 Å². The third-order valence-corrected chi connectivity index (χ3v) is 12.4. The number of unbranched alkanes of at least 4 members (excludes halogenated alkanes) is 1. The molecule has 3 amide bonds. The second-order valence-corrected chi connectivity index (χ2v) is 17.0. The molecule has 0 aromatic carbocycles. The van der Waals surface area contributed by atoms with Crippen LogP contribution >= 0.6 is 0 Å². The van der Waals surface area contributed by atoms with Crippen molar-refractivity contribution in [3.05, 3.63) is 0 Å². The van der Waals surface area contributed by atoms with E-state index in [0.717, 1.165) is 70.6 Å². The van der Waals surface area contributed by atoms with E-state index in [1.807, 2.05) is 25.7 Å². The van der Waals surface area contributed by atoms with Crippen molar-refractivity contribution < 1.29 is 33.0 Å². The smallest absolute Gasteiger partial charge is 0.225 e. The molecule has 0 radical (unpaired) electrons. The van der Waals surface area contributed by atoms with E-state index in [-0.39, 0.29) is 48.5 Å². The van der Waals surface area contributed by atoms with Gasteiger partial charge in [-0.3, -0.25) is 14.4 Å². The lowest BCUT2D eigenvalue weighted by Gasteiger charge is -2.37. The van der Waals surface area contributed by atoms with Gasteiger partial charge in [0.25, 0.3) is 0 Å². The van der Waals surface area contributed by atoms with Gasteiger partial charge in [-0.15, -0.1) is 4.83 Å². The molecule has 0 spiro atoms. The van der Waals surface area contributed by atoms with Gasteiger partial charge < -0.3 is 26.2 Å². The lowest BCUT2D eigenvalue weighted by atomic mass is 9.73. The number of hydrogen-bond donors (Lipinski definition) is 5. The molecule has 49 heavy (non-hydrogen) atoms. The van der Waals surface area contributed by atoms with E-state index >= 15 is 0 Å². The van der Waals surface area contributed by atoms with Crippen LogP contribution in [0.4, 0.5) is 0 Å². The van der Waals surface area contributed by atoms with Crippen molar-refractivity contribution in [1.82, 2.24) is 20.1 Å². The Kier molecular flexibility index (Phi) is 17.8. The molecule has 0 heterocycles. The van der Waals surface area contributed by atoms with Gasteiger partial charge in [-0.05, 0) is 95.3 Å². The molecule has 3 aliphatic rings. The maximum atomic E-state index is 14.0. The van der Waals surface area contributed by atoms with Crippen molar-refractivity contribution in [2.45, 2.75) is 148 Å². The Hall–Kier alpha value is -1.80. The van der Waals surface area contributed by atoms with Crippen molar-refractivity contribution in [3.8, 4) is 0 Å². The summed E-state index contributed by atoms with van der Waals surface area (Å²) in [5.41, 5.74) is 5.76. The minimum Gasteiger partial charge on any atom is -0.393 e. The number of rotatable bonds is 20. The van der Waals surface area contributed by atoms with Crippen LogP contribution in [0.5, 0.6) is 0 Å². The van der Waals surface area contributed by atoms with Gasteiger partial charge in [-0.2, -0.15) is 0 Å². The second kappa shape index (κ2) is 20.9. The molecule has 284 valence electrons. The van der Waals surface area contributed by atoms with Crippen LogP contribution in [0.3, 0.4) is 0 Å². The normalized spacial score (nSPS) is 26.6. The zero-order valence-corrected chi connectivity index (χ0v) is 31.3. The quantitative estimate of drug-likeness (QED) is 0.119. The molecule has 12 nitrogen and oxygen atoms in total. The first kappa shape index (κ1) is 41.6. The van der Waals surface area contributed by atoms with E-state index < -0.39 is 45.8 Å². The third-order valence-electron chi connectivity index (χ3n) is 11.0. The molecule has 6 N–H and O–H groups in total. The molecular formula is C36H67N5O7S. The topological polar surface area (TPSA) is 182 Å². The van der Waals surface area contributed by atoms with Crippen molar-refractivity contribution in [1.29, 1.82) is 0 Å². The van der Waals surface area contributed by atoms with Crippen molar-refractivity contribution in [2.75, 3.05) is 31.9 Å². The third kappa shape index (κ3) is 14.0. The van der Waals surface area contributed by atoms with E-state index in [9.17, 15) is 33.0 Å². The minimum atomic E-state index is -3.63. The molecule has 0 aromatic rings. The summed E-state index contributed by atoms with van der Waals surface area (Å²) in [7, 11) is -3.63. The fourth-order valence-electron chi connectivity index (χ4n) is 8.22. The predicted octanol–water partition coefficient (Wildman–Crippen LogP) is 3.46. The molecule has 0 aromatic heterocycles. The first-order valence-corrected chi connectivity index (χ1v) is 21.0. The maximum Gasteiger partial charge on any atom is 0.225 e. The van der Waals surface area contributed by atoms with Crippen LogP contribution in [-0.4, -0.2) is 96.4 Å². The number of amides is 3.